The van der Waals surface area contributed by atoms with Gasteiger partial charge in [0.1, 0.15) is 0 Å². The molecule has 0 aliphatic heterocycles. The lowest BCUT2D eigenvalue weighted by Crippen LogP contribution is -2.31. The van der Waals surface area contributed by atoms with Crippen molar-refractivity contribution in [3.05, 3.63) is 0 Å². The van der Waals surface area contributed by atoms with Gasteiger partial charge in [0.15, 0.2) is 0 Å². The van der Waals surface area contributed by atoms with Crippen molar-refractivity contribution in [2.24, 2.45) is 0 Å². The van der Waals surface area contributed by atoms with E-state index in [9.17, 15) is 8.42 Å². The monoisotopic (exact) mass is 202 g/mol. The third kappa shape index (κ3) is 8.06. The number of sulfonamides is 1. The van der Waals surface area contributed by atoms with Gasteiger partial charge in [0.2, 0.25) is 10.0 Å². The van der Waals surface area contributed by atoms with Crippen LogP contribution in [0.5, 0.6) is 0 Å². The Balaban J connectivity index is 0. The summed E-state index contributed by atoms with van der Waals surface area (Å²) in [4.78, 5) is 0. The van der Waals surface area contributed by atoms with Gasteiger partial charge in [-0.1, -0.05) is 0 Å². The molecule has 0 heterocycles. The van der Waals surface area contributed by atoms with E-state index in [4.69, 9.17) is 0 Å². The second-order valence-corrected chi connectivity index (χ2v) is 4.00. The zero-order valence-corrected chi connectivity index (χ0v) is 8.39. The summed E-state index contributed by atoms with van der Waals surface area (Å²) in [5.41, 5.74) is 0. The number of rotatable bonds is 5. The molecule has 0 radical (unpaired) electrons. The molecule has 0 unspecified atom stereocenters. The molecule has 6 heteroatoms. The SMILES string of the molecule is CCS(=O)(=O)NCCNC.Cl. The van der Waals surface area contributed by atoms with Crippen molar-refractivity contribution in [3.8, 4) is 0 Å². The van der Waals surface area contributed by atoms with Gasteiger partial charge in [0, 0.05) is 13.1 Å². The average molecular weight is 203 g/mol. The van der Waals surface area contributed by atoms with E-state index in [1.807, 2.05) is 0 Å². The van der Waals surface area contributed by atoms with E-state index in [0.717, 1.165) is 0 Å². The fraction of sp³-hybridized carbons (Fsp3) is 1.00. The topological polar surface area (TPSA) is 58.2 Å². The molecule has 0 atom stereocenters. The van der Waals surface area contributed by atoms with Gasteiger partial charge in [-0.05, 0) is 14.0 Å². The first-order valence-electron chi connectivity index (χ1n) is 3.24. The molecule has 0 spiro atoms. The summed E-state index contributed by atoms with van der Waals surface area (Å²) in [6, 6.07) is 0. The van der Waals surface area contributed by atoms with Gasteiger partial charge in [-0.3, -0.25) is 0 Å². The lowest BCUT2D eigenvalue weighted by atomic mass is 10.7. The molecule has 0 saturated heterocycles. The number of hydrogen-bond acceptors (Lipinski definition) is 3. The molecular formula is C5H15ClN2O2S. The van der Waals surface area contributed by atoms with Gasteiger partial charge in [0.25, 0.3) is 0 Å². The molecule has 11 heavy (non-hydrogen) atoms. The van der Waals surface area contributed by atoms with Gasteiger partial charge in [-0.2, -0.15) is 0 Å². The van der Waals surface area contributed by atoms with Gasteiger partial charge in [-0.25, -0.2) is 13.1 Å². The van der Waals surface area contributed by atoms with E-state index in [2.05, 4.69) is 10.0 Å². The Bertz CT molecular complexity index is 169. The number of nitrogens with one attached hydrogen (secondary N) is 2. The Labute approximate surface area is 74.2 Å². The van der Waals surface area contributed by atoms with Crippen LogP contribution in [0.2, 0.25) is 0 Å². The molecule has 4 nitrogen and oxygen atoms in total. The van der Waals surface area contributed by atoms with Crippen LogP contribution in [0.3, 0.4) is 0 Å². The van der Waals surface area contributed by atoms with Crippen molar-refractivity contribution in [2.45, 2.75) is 6.92 Å². The van der Waals surface area contributed by atoms with Crippen molar-refractivity contribution in [1.82, 2.24) is 10.0 Å². The minimum atomic E-state index is -2.98. The quantitative estimate of drug-likeness (QED) is 0.595. The van der Waals surface area contributed by atoms with Crippen molar-refractivity contribution < 1.29 is 8.42 Å². The summed E-state index contributed by atoms with van der Waals surface area (Å²) >= 11 is 0. The normalized spacial score (nSPS) is 10.7. The molecule has 0 saturated carbocycles. The minimum Gasteiger partial charge on any atom is -0.318 e. The Kier molecular flexibility index (Phi) is 8.54. The highest BCUT2D eigenvalue weighted by Crippen LogP contribution is 1.78. The highest BCUT2D eigenvalue weighted by atomic mass is 35.5. The third-order valence-electron chi connectivity index (χ3n) is 1.08. The first kappa shape index (κ1) is 13.7. The van der Waals surface area contributed by atoms with Crippen LogP contribution in [0.25, 0.3) is 0 Å². The number of hydrogen-bond donors (Lipinski definition) is 2. The lowest BCUT2D eigenvalue weighted by Gasteiger charge is -2.01. The average Bonchev–Trinajstić information content (AvgIpc) is 1.89. The molecule has 0 aromatic rings. The minimum absolute atomic E-state index is 0. The van der Waals surface area contributed by atoms with Crippen LogP contribution in [0.4, 0.5) is 0 Å². The molecule has 0 rings (SSSR count). The summed E-state index contributed by atoms with van der Waals surface area (Å²) in [5.74, 6) is 0.150. The third-order valence-corrected chi connectivity index (χ3v) is 2.48. The Morgan fingerprint density at radius 2 is 1.82 bits per heavy atom. The molecule has 70 valence electrons. The zero-order valence-electron chi connectivity index (χ0n) is 6.75. The molecule has 0 bridgehead atoms. The maximum atomic E-state index is 10.7. The maximum Gasteiger partial charge on any atom is 0.211 e. The fourth-order valence-corrected chi connectivity index (χ4v) is 1.05. The Morgan fingerprint density at radius 3 is 2.18 bits per heavy atom. The summed E-state index contributed by atoms with van der Waals surface area (Å²) in [7, 11) is -1.20. The molecule has 0 aliphatic rings. The van der Waals surface area contributed by atoms with Gasteiger partial charge in [-0.15, -0.1) is 12.4 Å². The van der Waals surface area contributed by atoms with E-state index in [1.165, 1.54) is 0 Å². The fourth-order valence-electron chi connectivity index (χ4n) is 0.434. The molecule has 0 fully saturated rings. The van der Waals surface area contributed by atoms with Crippen LogP contribution in [0.15, 0.2) is 0 Å². The predicted molar refractivity (Wildman–Crippen MR) is 48.6 cm³/mol. The second-order valence-electron chi connectivity index (χ2n) is 1.90. The highest BCUT2D eigenvalue weighted by molar-refractivity contribution is 7.89. The first-order chi connectivity index (χ1) is 4.62. The summed E-state index contributed by atoms with van der Waals surface area (Å²) in [6.07, 6.45) is 0. The number of likely N-dealkylation sites (N-methyl/N-ethyl adjacent to an activating group) is 1. The van der Waals surface area contributed by atoms with Crippen molar-refractivity contribution in [2.75, 3.05) is 25.9 Å². The van der Waals surface area contributed by atoms with Gasteiger partial charge in [0.05, 0.1) is 5.75 Å². The zero-order chi connectivity index (χ0) is 8.04. The lowest BCUT2D eigenvalue weighted by molar-refractivity contribution is 0.581. The Hall–Kier alpha value is 0.160. The van der Waals surface area contributed by atoms with Crippen LogP contribution in [-0.4, -0.2) is 34.3 Å². The molecule has 0 aromatic carbocycles. The summed E-state index contributed by atoms with van der Waals surface area (Å²) in [5, 5.41) is 2.84. The van der Waals surface area contributed by atoms with Gasteiger partial charge >= 0.3 is 0 Å². The van der Waals surface area contributed by atoms with Crippen LogP contribution < -0.4 is 10.0 Å². The molecule has 0 aliphatic carbocycles. The highest BCUT2D eigenvalue weighted by Gasteiger charge is 2.02. The van der Waals surface area contributed by atoms with Crippen molar-refractivity contribution in [1.29, 1.82) is 0 Å². The number of halogens is 1. The van der Waals surface area contributed by atoms with E-state index in [1.54, 1.807) is 14.0 Å². The summed E-state index contributed by atoms with van der Waals surface area (Å²) in [6.45, 7) is 2.74. The Morgan fingerprint density at radius 1 is 1.27 bits per heavy atom. The van der Waals surface area contributed by atoms with Crippen molar-refractivity contribution in [3.63, 3.8) is 0 Å². The van der Waals surface area contributed by atoms with Crippen LogP contribution in [0.1, 0.15) is 6.92 Å². The van der Waals surface area contributed by atoms with E-state index in [0.29, 0.717) is 13.1 Å². The van der Waals surface area contributed by atoms with Crippen LogP contribution in [0, 0.1) is 0 Å². The smallest absolute Gasteiger partial charge is 0.211 e. The maximum absolute atomic E-state index is 10.7. The predicted octanol–water partition coefficient (Wildman–Crippen LogP) is -0.433. The van der Waals surface area contributed by atoms with E-state index in [-0.39, 0.29) is 18.2 Å². The summed E-state index contributed by atoms with van der Waals surface area (Å²) < 4.78 is 23.9. The molecule has 0 amide bonds. The van der Waals surface area contributed by atoms with Gasteiger partial charge < -0.3 is 5.32 Å². The molecule has 0 aromatic heterocycles. The van der Waals surface area contributed by atoms with Crippen LogP contribution in [-0.2, 0) is 10.0 Å². The molecule has 2 N–H and O–H groups in total. The van der Waals surface area contributed by atoms with E-state index < -0.39 is 10.0 Å². The van der Waals surface area contributed by atoms with Crippen molar-refractivity contribution >= 4 is 22.4 Å². The molecular weight excluding hydrogens is 188 g/mol. The standard InChI is InChI=1S/C5H14N2O2S.ClH/c1-3-10(8,9)7-5-4-6-2;/h6-7H,3-5H2,1-2H3;1H. The van der Waals surface area contributed by atoms with E-state index >= 15 is 0 Å². The van der Waals surface area contributed by atoms with Crippen LogP contribution >= 0.6 is 12.4 Å². The second kappa shape index (κ2) is 6.84. The first-order valence-corrected chi connectivity index (χ1v) is 4.89. The largest absolute Gasteiger partial charge is 0.318 e.